The fraction of sp³-hybridized carbons (Fsp3) is 0.292. The second-order valence-corrected chi connectivity index (χ2v) is 8.37. The summed E-state index contributed by atoms with van der Waals surface area (Å²) in [4.78, 5) is 19.9. The van der Waals surface area contributed by atoms with Crippen molar-refractivity contribution in [3.8, 4) is 0 Å². The van der Waals surface area contributed by atoms with Crippen LogP contribution in [0.1, 0.15) is 25.3 Å². The average Bonchev–Trinajstić information content (AvgIpc) is 3.24. The fourth-order valence-corrected chi connectivity index (χ4v) is 4.99. The summed E-state index contributed by atoms with van der Waals surface area (Å²) in [6, 6.07) is 11.3. The lowest BCUT2D eigenvalue weighted by Gasteiger charge is -2.47. The average molecular weight is 407 g/mol. The summed E-state index contributed by atoms with van der Waals surface area (Å²) < 4.78 is 27.3. The Morgan fingerprint density at radius 3 is 2.80 bits per heavy atom. The standard InChI is InChI=1S/C24H23F2N3O/c1-16-13-24(8-7-23(30)29(24)20-4-2-3-18(25)11-20)9-10-28(16)15-17-14-27-22-12-19(26)5-6-21(17)22/h2-8,11-12,14,16,27H,9-10,13,15H2,1H3/t16-,24+/m1/s1. The lowest BCUT2D eigenvalue weighted by atomic mass is 9.82. The molecule has 2 aliphatic rings. The minimum atomic E-state index is -0.426. The lowest BCUT2D eigenvalue weighted by molar-refractivity contribution is -0.114. The predicted octanol–water partition coefficient (Wildman–Crippen LogP) is 4.77. The van der Waals surface area contributed by atoms with Crippen molar-refractivity contribution >= 4 is 22.5 Å². The number of piperidine rings is 1. The largest absolute Gasteiger partial charge is 0.361 e. The molecule has 1 N–H and O–H groups in total. The van der Waals surface area contributed by atoms with Crippen LogP contribution in [0.5, 0.6) is 0 Å². The summed E-state index contributed by atoms with van der Waals surface area (Å²) in [7, 11) is 0. The third kappa shape index (κ3) is 3.12. The Morgan fingerprint density at radius 1 is 1.17 bits per heavy atom. The molecule has 1 amide bonds. The number of H-pyrrole nitrogens is 1. The van der Waals surface area contributed by atoms with E-state index in [1.54, 1.807) is 23.1 Å². The Labute approximate surface area is 173 Å². The van der Waals surface area contributed by atoms with Crippen LogP contribution in [0, 0.1) is 11.6 Å². The van der Waals surface area contributed by atoms with Crippen LogP contribution in [0.25, 0.3) is 10.9 Å². The first-order chi connectivity index (χ1) is 14.4. The van der Waals surface area contributed by atoms with Crippen molar-refractivity contribution in [2.45, 2.75) is 37.9 Å². The second kappa shape index (κ2) is 7.06. The monoisotopic (exact) mass is 407 g/mol. The number of hydrogen-bond donors (Lipinski definition) is 1. The van der Waals surface area contributed by atoms with Crippen molar-refractivity contribution in [3.05, 3.63) is 78.0 Å². The molecule has 2 aliphatic heterocycles. The summed E-state index contributed by atoms with van der Waals surface area (Å²) in [6.45, 7) is 3.72. The molecule has 1 fully saturated rings. The minimum absolute atomic E-state index is 0.0973. The first-order valence-electron chi connectivity index (χ1n) is 10.2. The Balaban J connectivity index is 1.38. The van der Waals surface area contributed by atoms with Gasteiger partial charge in [0.05, 0.1) is 5.54 Å². The first kappa shape index (κ1) is 19.0. The number of carbonyl (C=O) groups is 1. The van der Waals surface area contributed by atoms with E-state index in [9.17, 15) is 13.6 Å². The van der Waals surface area contributed by atoms with Gasteiger partial charge in [0.15, 0.2) is 0 Å². The molecule has 2 aromatic carbocycles. The Hall–Kier alpha value is -2.99. The number of carbonyl (C=O) groups excluding carboxylic acids is 1. The molecule has 3 heterocycles. The van der Waals surface area contributed by atoms with Crippen LogP contribution in [0.4, 0.5) is 14.5 Å². The van der Waals surface area contributed by atoms with Gasteiger partial charge in [0, 0.05) is 48.0 Å². The van der Waals surface area contributed by atoms with Crippen LogP contribution in [-0.2, 0) is 11.3 Å². The van der Waals surface area contributed by atoms with Gasteiger partial charge in [-0.3, -0.25) is 14.6 Å². The molecule has 1 spiro atoms. The van der Waals surface area contributed by atoms with E-state index < -0.39 is 5.54 Å². The number of fused-ring (bicyclic) bond motifs is 1. The third-order valence-corrected chi connectivity index (χ3v) is 6.48. The van der Waals surface area contributed by atoms with Crippen molar-refractivity contribution in [2.75, 3.05) is 11.4 Å². The summed E-state index contributed by atoms with van der Waals surface area (Å²) >= 11 is 0. The number of amides is 1. The molecule has 0 saturated carbocycles. The number of aromatic nitrogens is 1. The molecule has 0 bridgehead atoms. The van der Waals surface area contributed by atoms with E-state index in [0.29, 0.717) is 5.69 Å². The highest BCUT2D eigenvalue weighted by Crippen LogP contribution is 2.41. The maximum absolute atomic E-state index is 13.8. The van der Waals surface area contributed by atoms with Crippen LogP contribution in [0.15, 0.2) is 60.8 Å². The number of aromatic amines is 1. The highest BCUT2D eigenvalue weighted by molar-refractivity contribution is 6.06. The number of halogens is 2. The van der Waals surface area contributed by atoms with E-state index in [2.05, 4.69) is 16.8 Å². The van der Waals surface area contributed by atoms with Gasteiger partial charge in [0.1, 0.15) is 11.6 Å². The van der Waals surface area contributed by atoms with E-state index in [0.717, 1.165) is 42.4 Å². The molecule has 0 aliphatic carbocycles. The van der Waals surface area contributed by atoms with Crippen LogP contribution >= 0.6 is 0 Å². The van der Waals surface area contributed by atoms with Gasteiger partial charge in [-0.05, 0) is 61.7 Å². The maximum atomic E-state index is 13.8. The molecule has 154 valence electrons. The van der Waals surface area contributed by atoms with Gasteiger partial charge < -0.3 is 4.98 Å². The summed E-state index contributed by atoms with van der Waals surface area (Å²) in [5.41, 5.74) is 2.11. The molecule has 0 radical (unpaired) electrons. The molecule has 6 heteroatoms. The van der Waals surface area contributed by atoms with Crippen LogP contribution in [0.3, 0.4) is 0 Å². The number of nitrogens with zero attached hydrogens (tertiary/aromatic N) is 2. The number of nitrogens with one attached hydrogen (secondary N) is 1. The molecular weight excluding hydrogens is 384 g/mol. The zero-order chi connectivity index (χ0) is 20.9. The quantitative estimate of drug-likeness (QED) is 0.679. The molecule has 4 nitrogen and oxygen atoms in total. The van der Waals surface area contributed by atoms with Crippen LogP contribution in [0.2, 0.25) is 0 Å². The molecule has 30 heavy (non-hydrogen) atoms. The Morgan fingerprint density at radius 2 is 2.00 bits per heavy atom. The summed E-state index contributed by atoms with van der Waals surface area (Å²) in [6.07, 6.45) is 7.08. The van der Waals surface area contributed by atoms with Gasteiger partial charge in [0.25, 0.3) is 5.91 Å². The molecule has 0 unspecified atom stereocenters. The van der Waals surface area contributed by atoms with E-state index in [1.165, 1.54) is 24.3 Å². The predicted molar refractivity (Wildman–Crippen MR) is 113 cm³/mol. The zero-order valence-electron chi connectivity index (χ0n) is 16.7. The van der Waals surface area contributed by atoms with Crippen molar-refractivity contribution in [1.29, 1.82) is 0 Å². The smallest absolute Gasteiger partial charge is 0.251 e. The van der Waals surface area contributed by atoms with Crippen molar-refractivity contribution in [3.63, 3.8) is 0 Å². The van der Waals surface area contributed by atoms with E-state index >= 15 is 0 Å². The normalized spacial score (nSPS) is 24.4. The van der Waals surface area contributed by atoms with E-state index in [4.69, 9.17) is 0 Å². The van der Waals surface area contributed by atoms with E-state index in [1.807, 2.05) is 18.3 Å². The van der Waals surface area contributed by atoms with Crippen LogP contribution in [-0.4, -0.2) is 33.9 Å². The van der Waals surface area contributed by atoms with Gasteiger partial charge in [-0.15, -0.1) is 0 Å². The van der Waals surface area contributed by atoms with Crippen molar-refractivity contribution in [1.82, 2.24) is 9.88 Å². The number of anilines is 1. The number of rotatable bonds is 3. The highest BCUT2D eigenvalue weighted by atomic mass is 19.1. The topological polar surface area (TPSA) is 39.3 Å². The Kier molecular flexibility index (Phi) is 4.47. The van der Waals surface area contributed by atoms with Crippen molar-refractivity contribution < 1.29 is 13.6 Å². The summed E-state index contributed by atoms with van der Waals surface area (Å²) in [5.74, 6) is -0.692. The van der Waals surface area contributed by atoms with Gasteiger partial charge in [0.2, 0.25) is 0 Å². The maximum Gasteiger partial charge on any atom is 0.251 e. The molecule has 2 atom stereocenters. The molecule has 1 aromatic heterocycles. The third-order valence-electron chi connectivity index (χ3n) is 6.48. The van der Waals surface area contributed by atoms with Gasteiger partial charge >= 0.3 is 0 Å². The number of hydrogen-bond acceptors (Lipinski definition) is 2. The summed E-state index contributed by atoms with van der Waals surface area (Å²) in [5, 5.41) is 1.03. The van der Waals surface area contributed by atoms with Gasteiger partial charge in [-0.1, -0.05) is 12.1 Å². The Bertz CT molecular complexity index is 1150. The van der Waals surface area contributed by atoms with E-state index in [-0.39, 0.29) is 23.6 Å². The SMILES string of the molecule is C[C@@H]1C[C@]2(C=CC(=O)N2c2cccc(F)c2)CCN1Cc1c[nH]c2cc(F)ccc12. The van der Waals surface area contributed by atoms with Gasteiger partial charge in [-0.25, -0.2) is 8.78 Å². The minimum Gasteiger partial charge on any atom is -0.361 e. The highest BCUT2D eigenvalue weighted by Gasteiger charge is 2.46. The second-order valence-electron chi connectivity index (χ2n) is 8.37. The molecule has 5 rings (SSSR count). The van der Waals surface area contributed by atoms with Gasteiger partial charge in [-0.2, -0.15) is 0 Å². The fourth-order valence-electron chi connectivity index (χ4n) is 4.99. The molecule has 1 saturated heterocycles. The number of likely N-dealkylation sites (tertiary alicyclic amines) is 1. The first-order valence-corrected chi connectivity index (χ1v) is 10.2. The lowest BCUT2D eigenvalue weighted by Crippen LogP contribution is -2.56. The zero-order valence-corrected chi connectivity index (χ0v) is 16.7. The molecule has 3 aromatic rings. The number of benzene rings is 2. The molecular formula is C24H23F2N3O. The van der Waals surface area contributed by atoms with Crippen molar-refractivity contribution in [2.24, 2.45) is 0 Å². The van der Waals surface area contributed by atoms with Crippen LogP contribution < -0.4 is 4.90 Å².